The summed E-state index contributed by atoms with van der Waals surface area (Å²) < 4.78 is 41.1. The van der Waals surface area contributed by atoms with Gasteiger partial charge in [-0.15, -0.1) is 10.2 Å². The van der Waals surface area contributed by atoms with Gasteiger partial charge in [0.1, 0.15) is 0 Å². The molecular weight excluding hydrogens is 491 g/mol. The van der Waals surface area contributed by atoms with E-state index in [9.17, 15) is 18.3 Å². The lowest BCUT2D eigenvalue weighted by molar-refractivity contribution is -0.137. The molecule has 3 heterocycles. The fourth-order valence-corrected chi connectivity index (χ4v) is 4.57. The highest BCUT2D eigenvalue weighted by molar-refractivity contribution is 7.80. The molecule has 0 saturated carbocycles. The number of hydrogen-bond donors (Lipinski definition) is 2. The van der Waals surface area contributed by atoms with Crippen molar-refractivity contribution in [2.45, 2.75) is 12.8 Å². The fourth-order valence-electron chi connectivity index (χ4n) is 4.53. The van der Waals surface area contributed by atoms with Gasteiger partial charge in [0.2, 0.25) is 11.0 Å². The van der Waals surface area contributed by atoms with Crippen LogP contribution in [0.15, 0.2) is 65.0 Å². The molecule has 0 radical (unpaired) electrons. The van der Waals surface area contributed by atoms with Crippen LogP contribution in [0.5, 0.6) is 5.88 Å². The average molecular weight is 514 g/mol. The van der Waals surface area contributed by atoms with Crippen molar-refractivity contribution in [1.29, 1.82) is 0 Å². The third-order valence-electron chi connectivity index (χ3n) is 6.27. The van der Waals surface area contributed by atoms with E-state index < -0.39 is 11.7 Å². The van der Waals surface area contributed by atoms with Gasteiger partial charge >= 0.3 is 6.18 Å². The first-order valence-electron chi connectivity index (χ1n) is 11.2. The molecule has 0 atom stereocenters. The molecule has 186 valence electrons. The molecule has 2 aromatic carbocycles. The SMILES string of the molecule is NC(=S)N=Nc1c(O)n(CN2CCN(c3ccnc4cc(C(F)(F)F)ccc34)CC2)c2ccccc12. The molecule has 8 nitrogen and oxygen atoms in total. The second kappa shape index (κ2) is 9.36. The Balaban J connectivity index is 1.35. The van der Waals surface area contributed by atoms with Gasteiger partial charge in [0, 0.05) is 48.8 Å². The summed E-state index contributed by atoms with van der Waals surface area (Å²) in [5, 5.41) is 19.9. The molecular formula is C24H22F3N7OS. The monoisotopic (exact) mass is 513 g/mol. The van der Waals surface area contributed by atoms with Crippen molar-refractivity contribution in [1.82, 2.24) is 14.5 Å². The van der Waals surface area contributed by atoms with Crippen molar-refractivity contribution in [3.63, 3.8) is 0 Å². The number of fused-ring (bicyclic) bond motifs is 2. The van der Waals surface area contributed by atoms with E-state index in [0.717, 1.165) is 28.7 Å². The van der Waals surface area contributed by atoms with E-state index in [1.54, 1.807) is 4.57 Å². The number of nitrogens with zero attached hydrogens (tertiary/aromatic N) is 6. The second-order valence-corrected chi connectivity index (χ2v) is 8.88. The Morgan fingerprint density at radius 2 is 1.81 bits per heavy atom. The maximum absolute atomic E-state index is 13.1. The molecule has 0 amide bonds. The minimum Gasteiger partial charge on any atom is -0.493 e. The van der Waals surface area contributed by atoms with Crippen LogP contribution in [-0.4, -0.2) is 50.8 Å². The van der Waals surface area contributed by atoms with Crippen molar-refractivity contribution < 1.29 is 18.3 Å². The lowest BCUT2D eigenvalue weighted by atomic mass is 10.1. The van der Waals surface area contributed by atoms with Crippen molar-refractivity contribution in [2.75, 3.05) is 31.1 Å². The summed E-state index contributed by atoms with van der Waals surface area (Å²) in [7, 11) is 0. The lowest BCUT2D eigenvalue weighted by Gasteiger charge is -2.36. The van der Waals surface area contributed by atoms with Gasteiger partial charge in [0.25, 0.3) is 0 Å². The number of aromatic nitrogens is 2. The number of halogens is 3. The van der Waals surface area contributed by atoms with Crippen LogP contribution in [0.4, 0.5) is 24.5 Å². The van der Waals surface area contributed by atoms with Crippen molar-refractivity contribution in [2.24, 2.45) is 16.0 Å². The molecule has 0 unspecified atom stereocenters. The largest absolute Gasteiger partial charge is 0.493 e. The average Bonchev–Trinajstić information content (AvgIpc) is 3.12. The van der Waals surface area contributed by atoms with Gasteiger partial charge in [-0.3, -0.25) is 14.5 Å². The van der Waals surface area contributed by atoms with Crippen LogP contribution in [0.1, 0.15) is 5.56 Å². The van der Waals surface area contributed by atoms with E-state index >= 15 is 0 Å². The molecule has 4 aromatic rings. The zero-order valence-corrected chi connectivity index (χ0v) is 19.8. The number of para-hydroxylation sites is 1. The molecule has 3 N–H and O–H groups in total. The molecule has 1 saturated heterocycles. The number of pyridine rings is 1. The van der Waals surface area contributed by atoms with Gasteiger partial charge in [-0.1, -0.05) is 24.3 Å². The highest BCUT2D eigenvalue weighted by Gasteiger charge is 2.31. The Kier molecular flexibility index (Phi) is 6.22. The number of rotatable bonds is 4. The number of hydrogen-bond acceptors (Lipinski definition) is 6. The molecule has 0 spiro atoms. The molecule has 1 aliphatic heterocycles. The quantitative estimate of drug-likeness (QED) is 0.294. The smallest absolute Gasteiger partial charge is 0.416 e. The van der Waals surface area contributed by atoms with E-state index in [-0.39, 0.29) is 11.0 Å². The van der Waals surface area contributed by atoms with Gasteiger partial charge < -0.3 is 15.7 Å². The van der Waals surface area contributed by atoms with Crippen LogP contribution >= 0.6 is 12.2 Å². The first-order chi connectivity index (χ1) is 17.2. The molecule has 0 bridgehead atoms. The zero-order valence-electron chi connectivity index (χ0n) is 19.0. The van der Waals surface area contributed by atoms with Gasteiger partial charge in [-0.25, -0.2) is 0 Å². The Bertz CT molecular complexity index is 1480. The van der Waals surface area contributed by atoms with E-state index in [1.165, 1.54) is 12.3 Å². The normalized spacial score (nSPS) is 15.4. The van der Waals surface area contributed by atoms with Crippen LogP contribution < -0.4 is 10.6 Å². The van der Waals surface area contributed by atoms with E-state index in [0.29, 0.717) is 49.4 Å². The summed E-state index contributed by atoms with van der Waals surface area (Å²) in [4.78, 5) is 8.47. The molecule has 1 aliphatic rings. The minimum absolute atomic E-state index is 0.0285. The number of piperazine rings is 1. The highest BCUT2D eigenvalue weighted by Crippen LogP contribution is 2.39. The highest BCUT2D eigenvalue weighted by atomic mass is 32.1. The number of nitrogens with two attached hydrogens (primary N) is 1. The van der Waals surface area contributed by atoms with E-state index in [1.807, 2.05) is 30.3 Å². The molecule has 12 heteroatoms. The molecule has 36 heavy (non-hydrogen) atoms. The van der Waals surface area contributed by atoms with Crippen molar-refractivity contribution >= 4 is 50.5 Å². The van der Waals surface area contributed by atoms with Crippen LogP contribution in [0.2, 0.25) is 0 Å². The van der Waals surface area contributed by atoms with Gasteiger partial charge in [-0.2, -0.15) is 13.2 Å². The van der Waals surface area contributed by atoms with Gasteiger partial charge in [0.05, 0.1) is 23.3 Å². The fraction of sp³-hybridized carbons (Fsp3) is 0.250. The van der Waals surface area contributed by atoms with Crippen LogP contribution in [0, 0.1) is 0 Å². The summed E-state index contributed by atoms with van der Waals surface area (Å²) in [6.07, 6.45) is -2.87. The molecule has 5 rings (SSSR count). The number of anilines is 1. The number of alkyl halides is 3. The molecule has 1 fully saturated rings. The van der Waals surface area contributed by atoms with E-state index in [2.05, 4.69) is 25.0 Å². The zero-order chi connectivity index (χ0) is 25.4. The Morgan fingerprint density at radius 3 is 2.53 bits per heavy atom. The predicted octanol–water partition coefficient (Wildman–Crippen LogP) is 5.02. The van der Waals surface area contributed by atoms with Crippen molar-refractivity contribution in [3.8, 4) is 5.88 Å². The summed E-state index contributed by atoms with van der Waals surface area (Å²) in [6, 6.07) is 13.0. The number of aromatic hydroxyl groups is 1. The summed E-state index contributed by atoms with van der Waals surface area (Å²) in [6.45, 7) is 3.11. The maximum Gasteiger partial charge on any atom is 0.416 e. The molecule has 2 aromatic heterocycles. The third-order valence-corrected chi connectivity index (χ3v) is 6.35. The first-order valence-corrected chi connectivity index (χ1v) is 11.6. The predicted molar refractivity (Wildman–Crippen MR) is 135 cm³/mol. The van der Waals surface area contributed by atoms with E-state index in [4.69, 9.17) is 18.0 Å². The molecule has 0 aliphatic carbocycles. The summed E-state index contributed by atoms with van der Waals surface area (Å²) in [5.74, 6) is -0.0285. The topological polar surface area (TPSA) is 95.3 Å². The van der Waals surface area contributed by atoms with Crippen LogP contribution in [-0.2, 0) is 12.8 Å². The standard InChI is InChI=1S/C24H22F3N7OS/c25-24(26,27)15-5-6-16-18(13-15)29-8-7-19(16)33-11-9-32(10-12-33)14-34-20-4-2-1-3-17(20)21(22(34)35)30-31-23(28)36/h1-8,13,35H,9-12,14H2,(H2,28,36). The summed E-state index contributed by atoms with van der Waals surface area (Å²) in [5.41, 5.74) is 6.98. The minimum atomic E-state index is -4.41. The van der Waals surface area contributed by atoms with Crippen LogP contribution in [0.25, 0.3) is 21.8 Å². The Labute approximate surface area is 209 Å². The number of azo groups is 1. The summed E-state index contributed by atoms with van der Waals surface area (Å²) >= 11 is 4.76. The lowest BCUT2D eigenvalue weighted by Crippen LogP contribution is -2.46. The Hall–Kier alpha value is -3.77. The second-order valence-electron chi connectivity index (χ2n) is 8.46. The van der Waals surface area contributed by atoms with Gasteiger partial charge in [0.15, 0.2) is 5.69 Å². The number of benzene rings is 2. The maximum atomic E-state index is 13.1. The van der Waals surface area contributed by atoms with Crippen LogP contribution in [0.3, 0.4) is 0 Å². The third kappa shape index (κ3) is 4.56. The first kappa shape index (κ1) is 23.9. The number of thiocarbonyl (C=S) groups is 1. The van der Waals surface area contributed by atoms with Crippen molar-refractivity contribution in [3.05, 3.63) is 60.3 Å². The van der Waals surface area contributed by atoms with Gasteiger partial charge in [-0.05, 0) is 36.5 Å². The Morgan fingerprint density at radius 1 is 1.06 bits per heavy atom.